The number of rotatable bonds is 3. The van der Waals surface area contributed by atoms with Crippen molar-refractivity contribution in [1.82, 2.24) is 0 Å². The highest BCUT2D eigenvalue weighted by Gasteiger charge is 2.20. The zero-order valence-corrected chi connectivity index (χ0v) is 9.30. The van der Waals surface area contributed by atoms with Crippen LogP contribution in [0.5, 0.6) is 0 Å². The standard InChI is InChI=1S/C10H15FOSi/c1-12-13(2,3)8-9-5-4-6-10(11)7-9/h4-7H,8H2,1-3H3. The van der Waals surface area contributed by atoms with Crippen molar-refractivity contribution in [1.29, 1.82) is 0 Å². The Bertz CT molecular complexity index is 286. The molecule has 0 aliphatic rings. The molecule has 0 radical (unpaired) electrons. The summed E-state index contributed by atoms with van der Waals surface area (Å²) < 4.78 is 18.2. The van der Waals surface area contributed by atoms with Gasteiger partial charge in [0.25, 0.3) is 0 Å². The normalized spacial score (nSPS) is 11.7. The maximum Gasteiger partial charge on any atom is 0.190 e. The first-order chi connectivity index (χ1) is 6.03. The van der Waals surface area contributed by atoms with Gasteiger partial charge in [-0.15, -0.1) is 0 Å². The molecule has 0 unspecified atom stereocenters. The lowest BCUT2D eigenvalue weighted by atomic mass is 10.2. The van der Waals surface area contributed by atoms with E-state index in [4.69, 9.17) is 4.43 Å². The van der Waals surface area contributed by atoms with Crippen molar-refractivity contribution >= 4 is 8.32 Å². The summed E-state index contributed by atoms with van der Waals surface area (Å²) >= 11 is 0. The Balaban J connectivity index is 2.74. The van der Waals surface area contributed by atoms with Crippen LogP contribution in [0.4, 0.5) is 4.39 Å². The maximum absolute atomic E-state index is 12.8. The average Bonchev–Trinajstić information content (AvgIpc) is 2.03. The third-order valence-corrected chi connectivity index (χ3v) is 4.44. The Morgan fingerprint density at radius 1 is 1.38 bits per heavy atom. The largest absolute Gasteiger partial charge is 0.420 e. The summed E-state index contributed by atoms with van der Waals surface area (Å²) in [6.07, 6.45) is 0. The molecule has 0 aromatic heterocycles. The van der Waals surface area contributed by atoms with E-state index in [9.17, 15) is 4.39 Å². The summed E-state index contributed by atoms with van der Waals surface area (Å²) in [6.45, 7) is 4.25. The van der Waals surface area contributed by atoms with E-state index in [0.29, 0.717) is 0 Å². The first-order valence-electron chi connectivity index (χ1n) is 4.33. The monoisotopic (exact) mass is 198 g/mol. The Hall–Kier alpha value is -0.673. The summed E-state index contributed by atoms with van der Waals surface area (Å²) in [4.78, 5) is 0. The predicted octanol–water partition coefficient (Wildman–Crippen LogP) is 2.76. The first-order valence-corrected chi connectivity index (χ1v) is 7.45. The van der Waals surface area contributed by atoms with Crippen molar-refractivity contribution in [2.24, 2.45) is 0 Å². The van der Waals surface area contributed by atoms with Gasteiger partial charge in [-0.05, 0) is 36.8 Å². The van der Waals surface area contributed by atoms with Crippen LogP contribution in [0.3, 0.4) is 0 Å². The van der Waals surface area contributed by atoms with Gasteiger partial charge in [0, 0.05) is 7.11 Å². The molecule has 3 heteroatoms. The molecule has 0 atom stereocenters. The van der Waals surface area contributed by atoms with Gasteiger partial charge >= 0.3 is 0 Å². The van der Waals surface area contributed by atoms with Crippen molar-refractivity contribution in [2.45, 2.75) is 19.1 Å². The van der Waals surface area contributed by atoms with E-state index in [-0.39, 0.29) is 5.82 Å². The highest BCUT2D eigenvalue weighted by molar-refractivity contribution is 6.70. The highest BCUT2D eigenvalue weighted by Crippen LogP contribution is 2.13. The molecule has 1 aromatic rings. The van der Waals surface area contributed by atoms with Crippen molar-refractivity contribution in [3.63, 3.8) is 0 Å². The summed E-state index contributed by atoms with van der Waals surface area (Å²) in [5.74, 6) is -0.168. The molecule has 0 saturated carbocycles. The summed E-state index contributed by atoms with van der Waals surface area (Å²) in [6, 6.07) is 7.58. The van der Waals surface area contributed by atoms with E-state index in [1.54, 1.807) is 19.2 Å². The third kappa shape index (κ3) is 3.28. The summed E-state index contributed by atoms with van der Waals surface area (Å²) in [5, 5.41) is 0. The van der Waals surface area contributed by atoms with Crippen LogP contribution in [-0.2, 0) is 10.5 Å². The molecule has 0 fully saturated rings. The molecule has 1 nitrogen and oxygen atoms in total. The Labute approximate surface area is 79.7 Å². The minimum Gasteiger partial charge on any atom is -0.420 e. The zero-order chi connectivity index (χ0) is 9.90. The third-order valence-electron chi connectivity index (χ3n) is 2.07. The van der Waals surface area contributed by atoms with Gasteiger partial charge in [-0.1, -0.05) is 12.1 Å². The van der Waals surface area contributed by atoms with E-state index in [1.807, 2.05) is 6.07 Å². The van der Waals surface area contributed by atoms with Gasteiger partial charge < -0.3 is 4.43 Å². The van der Waals surface area contributed by atoms with Crippen LogP contribution in [0.15, 0.2) is 24.3 Å². The lowest BCUT2D eigenvalue weighted by Gasteiger charge is -2.19. The second kappa shape index (κ2) is 4.02. The Kier molecular flexibility index (Phi) is 3.22. The zero-order valence-electron chi connectivity index (χ0n) is 8.30. The van der Waals surface area contributed by atoms with Gasteiger partial charge in [-0.25, -0.2) is 4.39 Å². The number of hydrogen-bond acceptors (Lipinski definition) is 1. The lowest BCUT2D eigenvalue weighted by molar-refractivity contribution is 0.403. The van der Waals surface area contributed by atoms with E-state index >= 15 is 0 Å². The van der Waals surface area contributed by atoms with Crippen LogP contribution in [0, 0.1) is 5.82 Å². The molecule has 0 spiro atoms. The van der Waals surface area contributed by atoms with Gasteiger partial charge in [-0.2, -0.15) is 0 Å². The fourth-order valence-electron chi connectivity index (χ4n) is 1.21. The van der Waals surface area contributed by atoms with Crippen LogP contribution in [0.2, 0.25) is 13.1 Å². The molecule has 1 aromatic carbocycles. The number of benzene rings is 1. The summed E-state index contributed by atoms with van der Waals surface area (Å²) in [7, 11) is 0.120. The second-order valence-corrected chi connectivity index (χ2v) is 8.05. The van der Waals surface area contributed by atoms with Crippen molar-refractivity contribution < 1.29 is 8.82 Å². The van der Waals surface area contributed by atoms with Gasteiger partial charge in [0.05, 0.1) is 0 Å². The Morgan fingerprint density at radius 2 is 2.08 bits per heavy atom. The van der Waals surface area contributed by atoms with Crippen molar-refractivity contribution in [2.75, 3.05) is 7.11 Å². The second-order valence-electron chi connectivity index (χ2n) is 3.77. The lowest BCUT2D eigenvalue weighted by Crippen LogP contribution is -2.32. The molecule has 0 heterocycles. The fourth-order valence-corrected chi connectivity index (χ4v) is 2.56. The van der Waals surface area contributed by atoms with Gasteiger partial charge in [0.1, 0.15) is 5.82 Å². The molecule has 0 aliphatic carbocycles. The molecule has 0 bridgehead atoms. The van der Waals surface area contributed by atoms with Crippen molar-refractivity contribution in [3.05, 3.63) is 35.6 Å². The topological polar surface area (TPSA) is 9.23 Å². The molecular weight excluding hydrogens is 183 g/mol. The van der Waals surface area contributed by atoms with Crippen molar-refractivity contribution in [3.8, 4) is 0 Å². The SMILES string of the molecule is CO[Si](C)(C)Cc1cccc(F)c1. The van der Waals surface area contributed by atoms with Crippen LogP contribution >= 0.6 is 0 Å². The molecule has 0 aliphatic heterocycles. The minimum atomic E-state index is -1.61. The van der Waals surface area contributed by atoms with Crippen LogP contribution in [0.25, 0.3) is 0 Å². The molecule has 0 N–H and O–H groups in total. The molecule has 72 valence electrons. The molecule has 0 saturated heterocycles. The smallest absolute Gasteiger partial charge is 0.190 e. The fraction of sp³-hybridized carbons (Fsp3) is 0.400. The predicted molar refractivity (Wildman–Crippen MR) is 54.6 cm³/mol. The molecule has 1 rings (SSSR count). The molecule has 13 heavy (non-hydrogen) atoms. The molecule has 0 amide bonds. The number of halogens is 1. The average molecular weight is 198 g/mol. The number of hydrogen-bond donors (Lipinski definition) is 0. The van der Waals surface area contributed by atoms with E-state index in [2.05, 4.69) is 13.1 Å². The van der Waals surface area contributed by atoms with Gasteiger partial charge in [-0.3, -0.25) is 0 Å². The van der Waals surface area contributed by atoms with Gasteiger partial charge in [0.2, 0.25) is 0 Å². The van der Waals surface area contributed by atoms with E-state index in [0.717, 1.165) is 11.6 Å². The van der Waals surface area contributed by atoms with Crippen LogP contribution in [-0.4, -0.2) is 15.4 Å². The first kappa shape index (κ1) is 10.4. The van der Waals surface area contributed by atoms with Crippen LogP contribution < -0.4 is 0 Å². The molecular formula is C10H15FOSi. The maximum atomic E-state index is 12.8. The highest BCUT2D eigenvalue weighted by atomic mass is 28.4. The van der Waals surface area contributed by atoms with Gasteiger partial charge in [0.15, 0.2) is 8.32 Å². The quantitative estimate of drug-likeness (QED) is 0.679. The summed E-state index contributed by atoms with van der Waals surface area (Å²) in [5.41, 5.74) is 1.03. The Morgan fingerprint density at radius 3 is 2.62 bits per heavy atom. The minimum absolute atomic E-state index is 0.168. The van der Waals surface area contributed by atoms with Crippen LogP contribution in [0.1, 0.15) is 5.56 Å². The van der Waals surface area contributed by atoms with E-state index < -0.39 is 8.32 Å². The van der Waals surface area contributed by atoms with E-state index in [1.165, 1.54) is 6.07 Å².